The lowest BCUT2D eigenvalue weighted by atomic mass is 10.1. The second kappa shape index (κ2) is 5.67. The summed E-state index contributed by atoms with van der Waals surface area (Å²) in [7, 11) is 0. The minimum atomic E-state index is -0.264. The van der Waals surface area contributed by atoms with Crippen molar-refractivity contribution in [2.24, 2.45) is 5.92 Å². The molecular weight excluding hydrogens is 230 g/mol. The summed E-state index contributed by atoms with van der Waals surface area (Å²) in [6, 6.07) is 9.58. The van der Waals surface area contributed by atoms with Crippen LogP contribution in [0.1, 0.15) is 31.4 Å². The third kappa shape index (κ3) is 3.58. The molecule has 4 heteroatoms. The van der Waals surface area contributed by atoms with E-state index in [9.17, 15) is 9.59 Å². The third-order valence-corrected chi connectivity index (χ3v) is 2.93. The molecule has 4 nitrogen and oxygen atoms in total. The second-order valence-electron chi connectivity index (χ2n) is 4.58. The van der Waals surface area contributed by atoms with Gasteiger partial charge in [0.05, 0.1) is 12.0 Å². The zero-order valence-corrected chi connectivity index (χ0v) is 10.4. The van der Waals surface area contributed by atoms with Gasteiger partial charge in [0.15, 0.2) is 6.61 Å². The first-order valence-corrected chi connectivity index (χ1v) is 6.18. The number of esters is 1. The number of carbonyl (C=O) groups is 2. The number of benzene rings is 1. The maximum Gasteiger partial charge on any atom is 0.309 e. The van der Waals surface area contributed by atoms with E-state index in [0.717, 1.165) is 18.4 Å². The van der Waals surface area contributed by atoms with Gasteiger partial charge in [0.25, 0.3) is 5.91 Å². The number of rotatable bonds is 5. The fourth-order valence-corrected chi connectivity index (χ4v) is 1.68. The van der Waals surface area contributed by atoms with Crippen LogP contribution in [0.25, 0.3) is 0 Å². The normalized spacial score (nSPS) is 15.8. The molecule has 1 atom stereocenters. The van der Waals surface area contributed by atoms with Gasteiger partial charge >= 0.3 is 5.97 Å². The minimum absolute atomic E-state index is 0.0318. The molecule has 0 aromatic heterocycles. The number of hydrogen-bond acceptors (Lipinski definition) is 3. The van der Waals surface area contributed by atoms with E-state index in [2.05, 4.69) is 5.32 Å². The van der Waals surface area contributed by atoms with Crippen LogP contribution in [0.3, 0.4) is 0 Å². The summed E-state index contributed by atoms with van der Waals surface area (Å²) >= 11 is 0. The SMILES string of the molecule is C[C@H](NC(=O)COC(=O)C1CC1)c1ccccc1. The predicted octanol–water partition coefficient (Wildman–Crippen LogP) is 1.82. The first-order chi connectivity index (χ1) is 8.66. The van der Waals surface area contributed by atoms with Crippen LogP contribution in [0.4, 0.5) is 0 Å². The van der Waals surface area contributed by atoms with Gasteiger partial charge in [-0.3, -0.25) is 9.59 Å². The highest BCUT2D eigenvalue weighted by molar-refractivity contribution is 5.82. The van der Waals surface area contributed by atoms with Crippen molar-refractivity contribution in [1.29, 1.82) is 0 Å². The average molecular weight is 247 g/mol. The average Bonchev–Trinajstić information content (AvgIpc) is 3.21. The smallest absolute Gasteiger partial charge is 0.309 e. The highest BCUT2D eigenvalue weighted by Crippen LogP contribution is 2.29. The molecule has 1 aromatic rings. The summed E-state index contributed by atoms with van der Waals surface area (Å²) in [5, 5.41) is 2.79. The lowest BCUT2D eigenvalue weighted by Crippen LogP contribution is -2.31. The van der Waals surface area contributed by atoms with Gasteiger partial charge in [-0.25, -0.2) is 0 Å². The monoisotopic (exact) mass is 247 g/mol. The summed E-state index contributed by atoms with van der Waals surface area (Å²) in [6.45, 7) is 1.71. The maximum atomic E-state index is 11.6. The fraction of sp³-hybridized carbons (Fsp3) is 0.429. The van der Waals surface area contributed by atoms with Crippen LogP contribution in [0.15, 0.2) is 30.3 Å². The Morgan fingerprint density at radius 1 is 1.33 bits per heavy atom. The number of carbonyl (C=O) groups excluding carboxylic acids is 2. The summed E-state index contributed by atoms with van der Waals surface area (Å²) in [6.07, 6.45) is 1.78. The van der Waals surface area contributed by atoms with Crippen molar-refractivity contribution in [3.63, 3.8) is 0 Å². The highest BCUT2D eigenvalue weighted by Gasteiger charge is 2.31. The van der Waals surface area contributed by atoms with Gasteiger partial charge in [0.1, 0.15) is 0 Å². The Hall–Kier alpha value is -1.84. The quantitative estimate of drug-likeness (QED) is 0.807. The van der Waals surface area contributed by atoms with E-state index in [0.29, 0.717) is 0 Å². The highest BCUT2D eigenvalue weighted by atomic mass is 16.5. The lowest BCUT2D eigenvalue weighted by molar-refractivity contribution is -0.150. The number of ether oxygens (including phenoxy) is 1. The van der Waals surface area contributed by atoms with Crippen molar-refractivity contribution < 1.29 is 14.3 Å². The molecule has 96 valence electrons. The van der Waals surface area contributed by atoms with E-state index >= 15 is 0 Å². The van der Waals surface area contributed by atoms with Gasteiger partial charge in [0.2, 0.25) is 0 Å². The number of nitrogens with one attached hydrogen (secondary N) is 1. The summed E-state index contributed by atoms with van der Waals surface area (Å²) in [4.78, 5) is 22.8. The standard InChI is InChI=1S/C14H17NO3/c1-10(11-5-3-2-4-6-11)15-13(16)9-18-14(17)12-7-8-12/h2-6,10,12H,7-9H2,1H3,(H,15,16)/t10-/m0/s1. The number of amides is 1. The molecule has 0 bridgehead atoms. The molecule has 1 aliphatic carbocycles. The molecule has 1 saturated carbocycles. The Kier molecular flexibility index (Phi) is 3.97. The van der Waals surface area contributed by atoms with Gasteiger partial charge in [0, 0.05) is 0 Å². The van der Waals surface area contributed by atoms with Crippen molar-refractivity contribution in [3.05, 3.63) is 35.9 Å². The molecule has 2 rings (SSSR count). The largest absolute Gasteiger partial charge is 0.455 e. The van der Waals surface area contributed by atoms with Crippen molar-refractivity contribution in [3.8, 4) is 0 Å². The van der Waals surface area contributed by atoms with Crippen molar-refractivity contribution >= 4 is 11.9 Å². The Morgan fingerprint density at radius 3 is 2.61 bits per heavy atom. The first-order valence-electron chi connectivity index (χ1n) is 6.18. The van der Waals surface area contributed by atoms with Crippen LogP contribution in [0.2, 0.25) is 0 Å². The lowest BCUT2D eigenvalue weighted by Gasteiger charge is -2.14. The topological polar surface area (TPSA) is 55.4 Å². The molecule has 0 saturated heterocycles. The molecule has 0 unspecified atom stereocenters. The zero-order valence-electron chi connectivity index (χ0n) is 10.4. The third-order valence-electron chi connectivity index (χ3n) is 2.93. The Morgan fingerprint density at radius 2 is 2.00 bits per heavy atom. The van der Waals surface area contributed by atoms with Gasteiger partial charge in [-0.2, -0.15) is 0 Å². The van der Waals surface area contributed by atoms with E-state index in [-0.39, 0.29) is 30.4 Å². The molecule has 0 heterocycles. The van der Waals surface area contributed by atoms with Crippen LogP contribution >= 0.6 is 0 Å². The maximum absolute atomic E-state index is 11.6. The summed E-state index contributed by atoms with van der Waals surface area (Å²) in [5.74, 6) is -0.484. The second-order valence-corrected chi connectivity index (χ2v) is 4.58. The Balaban J connectivity index is 1.75. The molecule has 1 amide bonds. The van der Waals surface area contributed by atoms with E-state index < -0.39 is 0 Å². The van der Waals surface area contributed by atoms with E-state index in [1.54, 1.807) is 0 Å². The van der Waals surface area contributed by atoms with Crippen LogP contribution in [-0.4, -0.2) is 18.5 Å². The van der Waals surface area contributed by atoms with Crippen LogP contribution in [-0.2, 0) is 14.3 Å². The molecule has 1 N–H and O–H groups in total. The van der Waals surface area contributed by atoms with Crippen LogP contribution in [0.5, 0.6) is 0 Å². The molecule has 18 heavy (non-hydrogen) atoms. The van der Waals surface area contributed by atoms with Crippen LogP contribution < -0.4 is 5.32 Å². The first kappa shape index (κ1) is 12.6. The van der Waals surface area contributed by atoms with Crippen LogP contribution in [0, 0.1) is 5.92 Å². The van der Waals surface area contributed by atoms with Gasteiger partial charge < -0.3 is 10.1 Å². The minimum Gasteiger partial charge on any atom is -0.455 e. The van der Waals surface area contributed by atoms with E-state index in [4.69, 9.17) is 4.74 Å². The Labute approximate surface area is 106 Å². The van der Waals surface area contributed by atoms with Gasteiger partial charge in [-0.1, -0.05) is 30.3 Å². The molecule has 1 fully saturated rings. The fourth-order valence-electron chi connectivity index (χ4n) is 1.68. The summed E-state index contributed by atoms with van der Waals surface area (Å²) < 4.78 is 4.91. The molecule has 1 aromatic carbocycles. The number of hydrogen-bond donors (Lipinski definition) is 1. The van der Waals surface area contributed by atoms with Crippen molar-refractivity contribution in [2.75, 3.05) is 6.61 Å². The zero-order chi connectivity index (χ0) is 13.0. The van der Waals surface area contributed by atoms with Crippen molar-refractivity contribution in [2.45, 2.75) is 25.8 Å². The molecule has 0 aliphatic heterocycles. The molecular formula is C14H17NO3. The van der Waals surface area contributed by atoms with Crippen molar-refractivity contribution in [1.82, 2.24) is 5.32 Å². The predicted molar refractivity (Wildman–Crippen MR) is 66.7 cm³/mol. The van der Waals surface area contributed by atoms with E-state index in [1.807, 2.05) is 37.3 Å². The van der Waals surface area contributed by atoms with Gasteiger partial charge in [-0.15, -0.1) is 0 Å². The van der Waals surface area contributed by atoms with Gasteiger partial charge in [-0.05, 0) is 25.3 Å². The molecule has 0 radical (unpaired) electrons. The Bertz CT molecular complexity index is 426. The molecule has 1 aliphatic rings. The summed E-state index contributed by atoms with van der Waals surface area (Å²) in [5.41, 5.74) is 1.03. The molecule has 0 spiro atoms. The van der Waals surface area contributed by atoms with E-state index in [1.165, 1.54) is 0 Å².